The Bertz CT molecular complexity index is 1000. The zero-order valence-electron chi connectivity index (χ0n) is 14.9. The van der Waals surface area contributed by atoms with Gasteiger partial charge in [-0.25, -0.2) is 0 Å². The van der Waals surface area contributed by atoms with Gasteiger partial charge < -0.3 is 10.4 Å². The fourth-order valence-corrected chi connectivity index (χ4v) is 4.35. The summed E-state index contributed by atoms with van der Waals surface area (Å²) in [5.41, 5.74) is 10.1. The van der Waals surface area contributed by atoms with Crippen molar-refractivity contribution in [3.63, 3.8) is 0 Å². The maximum Gasteiger partial charge on any atom is 0.124 e. The van der Waals surface area contributed by atoms with Gasteiger partial charge in [-0.3, -0.25) is 0 Å². The predicted molar refractivity (Wildman–Crippen MR) is 101 cm³/mol. The van der Waals surface area contributed by atoms with Gasteiger partial charge in [0, 0.05) is 5.39 Å². The largest absolute Gasteiger partial charge is 0.507 e. The van der Waals surface area contributed by atoms with E-state index in [0.717, 1.165) is 5.39 Å². The monoisotopic (exact) mass is 317 g/mol. The molecule has 2 nitrogen and oxygen atoms in total. The third kappa shape index (κ3) is 1.75. The third-order valence-electron chi connectivity index (χ3n) is 5.92. The Morgan fingerprint density at radius 2 is 1.46 bits per heavy atom. The summed E-state index contributed by atoms with van der Waals surface area (Å²) in [5.74, 6) is 0.389. The molecule has 0 heterocycles. The van der Waals surface area contributed by atoms with Gasteiger partial charge in [-0.05, 0) is 90.7 Å². The third-order valence-corrected chi connectivity index (χ3v) is 5.92. The highest BCUT2D eigenvalue weighted by molar-refractivity contribution is 6.08. The summed E-state index contributed by atoms with van der Waals surface area (Å²) in [7, 11) is 1.98. The molecule has 24 heavy (non-hydrogen) atoms. The first-order valence-electron chi connectivity index (χ1n) is 8.49. The molecule has 1 unspecified atom stereocenters. The Hall–Kier alpha value is -2.32. The molecule has 0 spiro atoms. The first-order valence-corrected chi connectivity index (χ1v) is 8.49. The molecule has 0 bridgehead atoms. The minimum absolute atomic E-state index is 0.132. The summed E-state index contributed by atoms with van der Waals surface area (Å²) in [6.07, 6.45) is 0. The molecular formula is C22H23NO. The number of hydrogen-bond donors (Lipinski definition) is 2. The van der Waals surface area contributed by atoms with Crippen molar-refractivity contribution in [1.82, 2.24) is 5.32 Å². The summed E-state index contributed by atoms with van der Waals surface area (Å²) in [6.45, 7) is 8.63. The Kier molecular flexibility index (Phi) is 3.23. The SMILES string of the molecule is CNC1c2ccccc2-c2c1cc(O)c1c(C)c(C)c(C)c(C)c21. The van der Waals surface area contributed by atoms with Crippen molar-refractivity contribution < 1.29 is 5.11 Å². The molecule has 0 radical (unpaired) electrons. The van der Waals surface area contributed by atoms with Crippen LogP contribution in [0.3, 0.4) is 0 Å². The normalized spacial score (nSPS) is 15.6. The fraction of sp³-hybridized carbons (Fsp3) is 0.273. The van der Waals surface area contributed by atoms with Gasteiger partial charge in [-0.1, -0.05) is 24.3 Å². The first-order chi connectivity index (χ1) is 11.5. The van der Waals surface area contributed by atoms with E-state index in [-0.39, 0.29) is 6.04 Å². The van der Waals surface area contributed by atoms with Crippen molar-refractivity contribution in [3.8, 4) is 16.9 Å². The summed E-state index contributed by atoms with van der Waals surface area (Å²) in [4.78, 5) is 0. The van der Waals surface area contributed by atoms with Crippen LogP contribution in [0.5, 0.6) is 5.75 Å². The quantitative estimate of drug-likeness (QED) is 0.657. The lowest BCUT2D eigenvalue weighted by Gasteiger charge is -2.19. The van der Waals surface area contributed by atoms with Crippen LogP contribution in [0, 0.1) is 27.7 Å². The number of hydrogen-bond acceptors (Lipinski definition) is 2. The molecule has 1 aliphatic rings. The van der Waals surface area contributed by atoms with Gasteiger partial charge in [0.05, 0.1) is 6.04 Å². The highest BCUT2D eigenvalue weighted by Crippen LogP contribution is 2.51. The molecule has 4 rings (SSSR count). The second kappa shape index (κ2) is 5.09. The minimum atomic E-state index is 0.132. The van der Waals surface area contributed by atoms with E-state index in [4.69, 9.17) is 0 Å². The lowest BCUT2D eigenvalue weighted by atomic mass is 9.86. The summed E-state index contributed by atoms with van der Waals surface area (Å²) in [5, 5.41) is 16.4. The fourth-order valence-electron chi connectivity index (χ4n) is 4.35. The Balaban J connectivity index is 2.27. The second-order valence-corrected chi connectivity index (χ2v) is 6.92. The minimum Gasteiger partial charge on any atom is -0.507 e. The van der Waals surface area contributed by atoms with Gasteiger partial charge in [-0.2, -0.15) is 0 Å². The van der Waals surface area contributed by atoms with E-state index < -0.39 is 0 Å². The molecule has 1 atom stereocenters. The van der Waals surface area contributed by atoms with E-state index in [1.807, 2.05) is 13.1 Å². The van der Waals surface area contributed by atoms with Crippen LogP contribution in [0.15, 0.2) is 30.3 Å². The standard InChI is InChI=1S/C22H23NO/c1-11-12(2)14(4)20-19(13(11)3)18(24)10-17-21(20)15-8-6-7-9-16(15)22(17)23-5/h6-10,22-24H,1-5H3. The number of phenols is 1. The molecular weight excluding hydrogens is 294 g/mol. The predicted octanol–water partition coefficient (Wildman–Crippen LogP) is 5.07. The van der Waals surface area contributed by atoms with E-state index in [1.54, 1.807) is 0 Å². The number of rotatable bonds is 1. The van der Waals surface area contributed by atoms with Crippen LogP contribution >= 0.6 is 0 Å². The molecule has 3 aromatic rings. The van der Waals surface area contributed by atoms with Gasteiger partial charge in [-0.15, -0.1) is 0 Å². The Labute approximate surface area is 143 Å². The van der Waals surface area contributed by atoms with E-state index >= 15 is 0 Å². The summed E-state index contributed by atoms with van der Waals surface area (Å²) < 4.78 is 0. The second-order valence-electron chi connectivity index (χ2n) is 6.92. The molecule has 2 N–H and O–H groups in total. The van der Waals surface area contributed by atoms with Gasteiger partial charge in [0.2, 0.25) is 0 Å². The molecule has 0 saturated heterocycles. The van der Waals surface area contributed by atoms with Crippen LogP contribution in [0.4, 0.5) is 0 Å². The molecule has 3 aromatic carbocycles. The van der Waals surface area contributed by atoms with E-state index in [9.17, 15) is 5.11 Å². The lowest BCUT2D eigenvalue weighted by molar-refractivity contribution is 0.480. The zero-order valence-corrected chi connectivity index (χ0v) is 14.9. The van der Waals surface area contributed by atoms with Crippen molar-refractivity contribution in [2.75, 3.05) is 7.05 Å². The molecule has 2 heteroatoms. The molecule has 122 valence electrons. The molecule has 1 aliphatic carbocycles. The zero-order chi connectivity index (χ0) is 17.2. The average Bonchev–Trinajstić information content (AvgIpc) is 2.90. The number of aryl methyl sites for hydroxylation is 2. The van der Waals surface area contributed by atoms with Crippen LogP contribution in [-0.2, 0) is 0 Å². The van der Waals surface area contributed by atoms with Gasteiger partial charge in [0.25, 0.3) is 0 Å². The Morgan fingerprint density at radius 1 is 0.833 bits per heavy atom. The number of aromatic hydroxyl groups is 1. The topological polar surface area (TPSA) is 32.3 Å². The van der Waals surface area contributed by atoms with Crippen molar-refractivity contribution in [2.45, 2.75) is 33.7 Å². The van der Waals surface area contributed by atoms with Crippen LogP contribution in [0.25, 0.3) is 21.9 Å². The number of fused-ring (bicyclic) bond motifs is 5. The van der Waals surface area contributed by atoms with Crippen molar-refractivity contribution in [3.05, 3.63) is 63.7 Å². The Morgan fingerprint density at radius 3 is 2.12 bits per heavy atom. The summed E-state index contributed by atoms with van der Waals surface area (Å²) in [6, 6.07) is 10.7. The van der Waals surface area contributed by atoms with Crippen molar-refractivity contribution in [2.24, 2.45) is 0 Å². The smallest absolute Gasteiger partial charge is 0.124 e. The van der Waals surface area contributed by atoms with Gasteiger partial charge in [0.1, 0.15) is 5.75 Å². The van der Waals surface area contributed by atoms with Crippen LogP contribution < -0.4 is 5.32 Å². The lowest BCUT2D eigenvalue weighted by Crippen LogP contribution is -2.14. The maximum absolute atomic E-state index is 10.8. The first kappa shape index (κ1) is 15.2. The van der Waals surface area contributed by atoms with Crippen molar-refractivity contribution >= 4 is 10.8 Å². The molecule has 0 amide bonds. The van der Waals surface area contributed by atoms with Crippen LogP contribution in [-0.4, -0.2) is 12.2 Å². The van der Waals surface area contributed by atoms with Gasteiger partial charge in [0.15, 0.2) is 0 Å². The van der Waals surface area contributed by atoms with E-state index in [1.165, 1.54) is 49.9 Å². The maximum atomic E-state index is 10.8. The highest BCUT2D eigenvalue weighted by atomic mass is 16.3. The highest BCUT2D eigenvalue weighted by Gasteiger charge is 2.31. The molecule has 0 saturated carbocycles. The van der Waals surface area contributed by atoms with Crippen molar-refractivity contribution in [1.29, 1.82) is 0 Å². The van der Waals surface area contributed by atoms with E-state index in [2.05, 4.69) is 57.3 Å². The molecule has 0 aliphatic heterocycles. The number of nitrogens with one attached hydrogen (secondary N) is 1. The average molecular weight is 317 g/mol. The van der Waals surface area contributed by atoms with Crippen LogP contribution in [0.1, 0.15) is 39.4 Å². The molecule has 0 aromatic heterocycles. The number of phenolic OH excluding ortho intramolecular Hbond substituents is 1. The molecule has 0 fully saturated rings. The summed E-state index contributed by atoms with van der Waals surface area (Å²) >= 11 is 0. The number of benzene rings is 3. The van der Waals surface area contributed by atoms with E-state index in [0.29, 0.717) is 5.75 Å². The van der Waals surface area contributed by atoms with Crippen LogP contribution in [0.2, 0.25) is 0 Å². The van der Waals surface area contributed by atoms with Gasteiger partial charge >= 0.3 is 0 Å².